The van der Waals surface area contributed by atoms with Crippen molar-refractivity contribution in [2.75, 3.05) is 5.73 Å². The van der Waals surface area contributed by atoms with Crippen LogP contribution in [0.5, 0.6) is 5.75 Å². The first-order valence-corrected chi connectivity index (χ1v) is 4.44. The van der Waals surface area contributed by atoms with Crippen LogP contribution in [-0.2, 0) is 4.79 Å². The molecule has 0 spiro atoms. The van der Waals surface area contributed by atoms with Crippen molar-refractivity contribution in [1.82, 2.24) is 0 Å². The number of carboxylic acid groups (broad SMARTS) is 1. The van der Waals surface area contributed by atoms with E-state index in [-0.39, 0.29) is 5.69 Å². The normalized spacial score (nSPS) is 11.3. The van der Waals surface area contributed by atoms with E-state index in [2.05, 4.69) is 4.74 Å². The number of carboxylic acids is 1. The molecule has 1 aromatic rings. The Labute approximate surface area is 106 Å². The molecule has 0 aromatic heterocycles. The number of rotatable bonds is 1. The third-order valence-corrected chi connectivity index (χ3v) is 1.46. The molecule has 0 saturated heterocycles. The van der Waals surface area contributed by atoms with Gasteiger partial charge in [0.05, 0.1) is 5.69 Å². The van der Waals surface area contributed by atoms with Crippen LogP contribution in [0.4, 0.5) is 36.4 Å². The molecule has 114 valence electrons. The second-order valence-electron chi connectivity index (χ2n) is 3.01. The maximum absolute atomic E-state index is 12.8. The van der Waals surface area contributed by atoms with Crippen LogP contribution in [-0.4, -0.2) is 23.6 Å². The van der Waals surface area contributed by atoms with E-state index >= 15 is 0 Å². The molecule has 0 saturated carbocycles. The highest BCUT2D eigenvalue weighted by molar-refractivity contribution is 5.73. The standard InChI is InChI=1S/C7H5F4NO.C2HF3O2/c8-6-4(12)2-1-3-5(6)13-7(9,10)11;3-2(4,5)1(6)7/h1-3H,12H2;(H,6,7). The van der Waals surface area contributed by atoms with Crippen molar-refractivity contribution in [3.63, 3.8) is 0 Å². The number of halogens is 7. The highest BCUT2D eigenvalue weighted by Gasteiger charge is 2.38. The van der Waals surface area contributed by atoms with E-state index in [0.717, 1.165) is 12.1 Å². The van der Waals surface area contributed by atoms with E-state index in [9.17, 15) is 30.7 Å². The highest BCUT2D eigenvalue weighted by atomic mass is 19.4. The largest absolute Gasteiger partial charge is 0.573 e. The predicted octanol–water partition coefficient (Wildman–Crippen LogP) is 2.94. The molecule has 3 N–H and O–H groups in total. The van der Waals surface area contributed by atoms with E-state index in [1.807, 2.05) is 0 Å². The molecule has 0 atom stereocenters. The predicted molar refractivity (Wildman–Crippen MR) is 51.2 cm³/mol. The quantitative estimate of drug-likeness (QED) is 0.618. The Morgan fingerprint density at radius 3 is 1.95 bits per heavy atom. The van der Waals surface area contributed by atoms with Gasteiger partial charge in [-0.05, 0) is 12.1 Å². The summed E-state index contributed by atoms with van der Waals surface area (Å²) in [4.78, 5) is 8.90. The van der Waals surface area contributed by atoms with Gasteiger partial charge >= 0.3 is 18.5 Å². The number of aliphatic carboxylic acids is 1. The molecule has 11 heteroatoms. The van der Waals surface area contributed by atoms with Crippen LogP contribution < -0.4 is 10.5 Å². The number of alkyl halides is 6. The molecule has 0 fully saturated rings. The van der Waals surface area contributed by atoms with Gasteiger partial charge in [0.25, 0.3) is 0 Å². The van der Waals surface area contributed by atoms with Crippen LogP contribution in [0.25, 0.3) is 0 Å². The topological polar surface area (TPSA) is 72.5 Å². The van der Waals surface area contributed by atoms with Gasteiger partial charge in [0.15, 0.2) is 11.6 Å². The molecule has 1 aromatic carbocycles. The lowest BCUT2D eigenvalue weighted by atomic mass is 10.3. The second kappa shape index (κ2) is 6.30. The average Bonchev–Trinajstić information content (AvgIpc) is 2.22. The minimum atomic E-state index is -5.08. The lowest BCUT2D eigenvalue weighted by molar-refractivity contribution is -0.275. The summed E-state index contributed by atoms with van der Waals surface area (Å²) >= 11 is 0. The molecule has 0 aliphatic rings. The minimum Gasteiger partial charge on any atom is -0.475 e. The summed E-state index contributed by atoms with van der Waals surface area (Å²) in [6, 6.07) is 3.15. The summed E-state index contributed by atoms with van der Waals surface area (Å²) in [5.74, 6) is -4.89. The Hall–Kier alpha value is -2.20. The number of benzene rings is 1. The molecule has 0 unspecified atom stereocenters. The third kappa shape index (κ3) is 6.66. The number of hydrogen-bond acceptors (Lipinski definition) is 3. The van der Waals surface area contributed by atoms with Gasteiger partial charge < -0.3 is 15.6 Å². The Bertz CT molecular complexity index is 470. The smallest absolute Gasteiger partial charge is 0.475 e. The second-order valence-corrected chi connectivity index (χ2v) is 3.01. The Morgan fingerprint density at radius 2 is 1.60 bits per heavy atom. The molecule has 0 bridgehead atoms. The highest BCUT2D eigenvalue weighted by Crippen LogP contribution is 2.27. The Morgan fingerprint density at radius 1 is 1.15 bits per heavy atom. The summed E-state index contributed by atoms with van der Waals surface area (Å²) in [5, 5.41) is 7.12. The van der Waals surface area contributed by atoms with Gasteiger partial charge in [0.1, 0.15) is 0 Å². The van der Waals surface area contributed by atoms with Crippen molar-refractivity contribution in [2.24, 2.45) is 0 Å². The summed E-state index contributed by atoms with van der Waals surface area (Å²) in [7, 11) is 0. The minimum absolute atomic E-state index is 0.387. The van der Waals surface area contributed by atoms with Gasteiger partial charge in [-0.3, -0.25) is 0 Å². The zero-order chi connectivity index (χ0) is 16.1. The Kier molecular flexibility index (Phi) is 5.61. The number of nitrogen functional groups attached to an aromatic ring is 1. The van der Waals surface area contributed by atoms with Crippen molar-refractivity contribution >= 4 is 11.7 Å². The zero-order valence-corrected chi connectivity index (χ0v) is 9.22. The van der Waals surface area contributed by atoms with E-state index in [1.54, 1.807) is 0 Å². The summed E-state index contributed by atoms with van der Waals surface area (Å²) in [5.41, 5.74) is 4.63. The van der Waals surface area contributed by atoms with Crippen molar-refractivity contribution in [3.8, 4) is 5.75 Å². The van der Waals surface area contributed by atoms with Crippen molar-refractivity contribution in [1.29, 1.82) is 0 Å². The summed E-state index contributed by atoms with van der Waals surface area (Å²) in [6.07, 6.45) is -9.99. The fourth-order valence-corrected chi connectivity index (χ4v) is 0.731. The molecule has 0 aliphatic carbocycles. The number of hydrogen-bond donors (Lipinski definition) is 2. The van der Waals surface area contributed by atoms with Gasteiger partial charge in [-0.15, -0.1) is 13.2 Å². The van der Waals surface area contributed by atoms with Crippen molar-refractivity contribution in [2.45, 2.75) is 12.5 Å². The summed E-state index contributed by atoms with van der Waals surface area (Å²) in [6.45, 7) is 0. The van der Waals surface area contributed by atoms with Crippen LogP contribution in [0.3, 0.4) is 0 Å². The molecule has 1 rings (SSSR count). The molecular weight excluding hydrogens is 303 g/mol. The summed E-state index contributed by atoms with van der Waals surface area (Å²) < 4.78 is 82.7. The van der Waals surface area contributed by atoms with Crippen molar-refractivity contribution < 1.29 is 45.4 Å². The van der Waals surface area contributed by atoms with Gasteiger partial charge in [-0.1, -0.05) is 6.07 Å². The lowest BCUT2D eigenvalue weighted by Crippen LogP contribution is -2.21. The average molecular weight is 309 g/mol. The molecule has 0 radical (unpaired) electrons. The molecule has 0 heterocycles. The first-order valence-electron chi connectivity index (χ1n) is 4.44. The maximum Gasteiger partial charge on any atom is 0.573 e. The number of carbonyl (C=O) groups is 1. The molecular formula is C9H6F7NO3. The number of nitrogens with two attached hydrogens (primary N) is 1. The fraction of sp³-hybridized carbons (Fsp3) is 0.222. The van der Waals surface area contributed by atoms with Crippen LogP contribution in [0, 0.1) is 5.82 Å². The molecule has 20 heavy (non-hydrogen) atoms. The molecule has 0 aliphatic heterocycles. The Balaban J connectivity index is 0.000000441. The van der Waals surface area contributed by atoms with E-state index in [4.69, 9.17) is 15.6 Å². The van der Waals surface area contributed by atoms with Gasteiger partial charge in [-0.25, -0.2) is 9.18 Å². The van der Waals surface area contributed by atoms with Gasteiger partial charge in [0, 0.05) is 0 Å². The van der Waals surface area contributed by atoms with Crippen LogP contribution >= 0.6 is 0 Å². The zero-order valence-electron chi connectivity index (χ0n) is 9.22. The first-order chi connectivity index (χ1) is 8.84. The van der Waals surface area contributed by atoms with Gasteiger partial charge in [-0.2, -0.15) is 13.2 Å². The van der Waals surface area contributed by atoms with E-state index < -0.39 is 30.1 Å². The molecule has 4 nitrogen and oxygen atoms in total. The third-order valence-electron chi connectivity index (χ3n) is 1.46. The number of anilines is 1. The van der Waals surface area contributed by atoms with Gasteiger partial charge in [0.2, 0.25) is 0 Å². The lowest BCUT2D eigenvalue weighted by Gasteiger charge is -2.09. The van der Waals surface area contributed by atoms with Crippen molar-refractivity contribution in [3.05, 3.63) is 24.0 Å². The van der Waals surface area contributed by atoms with Crippen LogP contribution in [0.2, 0.25) is 0 Å². The SMILES string of the molecule is Nc1cccc(OC(F)(F)F)c1F.O=C(O)C(F)(F)F. The van der Waals surface area contributed by atoms with E-state index in [0.29, 0.717) is 0 Å². The number of ether oxygens (including phenoxy) is 1. The van der Waals surface area contributed by atoms with E-state index in [1.165, 1.54) is 6.07 Å². The van der Waals surface area contributed by atoms with Crippen LogP contribution in [0.1, 0.15) is 0 Å². The first kappa shape index (κ1) is 17.8. The van der Waals surface area contributed by atoms with Crippen LogP contribution in [0.15, 0.2) is 18.2 Å². The monoisotopic (exact) mass is 309 g/mol. The maximum atomic E-state index is 12.8. The fourth-order valence-electron chi connectivity index (χ4n) is 0.731. The molecule has 0 amide bonds.